The van der Waals surface area contributed by atoms with E-state index >= 15 is 0 Å². The number of halogens is 2. The van der Waals surface area contributed by atoms with Crippen LogP contribution in [0.25, 0.3) is 22.3 Å². The van der Waals surface area contributed by atoms with E-state index in [1.807, 2.05) is 25.4 Å². The van der Waals surface area contributed by atoms with Crippen LogP contribution in [0, 0.1) is 0 Å². The minimum atomic E-state index is -0.349. The highest BCUT2D eigenvalue weighted by molar-refractivity contribution is 5.93. The van der Waals surface area contributed by atoms with E-state index in [-0.39, 0.29) is 37.5 Å². The Kier molecular flexibility index (Phi) is 7.20. The Balaban J connectivity index is 0.00000140. The maximum absolute atomic E-state index is 9.39. The summed E-state index contributed by atoms with van der Waals surface area (Å²) in [6, 6.07) is 7.77. The number of aromatic amines is 1. The first-order valence-corrected chi connectivity index (χ1v) is 8.50. The molecule has 0 amide bonds. The van der Waals surface area contributed by atoms with E-state index in [4.69, 9.17) is 10.7 Å². The van der Waals surface area contributed by atoms with Gasteiger partial charge in [0.2, 0.25) is 0 Å². The van der Waals surface area contributed by atoms with Gasteiger partial charge in [-0.15, -0.1) is 24.8 Å². The number of H-pyrrole nitrogens is 1. The number of aryl methyl sites for hydroxylation is 1. The number of aliphatic hydroxyl groups is 1. The maximum atomic E-state index is 9.39. The molecule has 4 rings (SSSR count). The van der Waals surface area contributed by atoms with Gasteiger partial charge < -0.3 is 20.4 Å². The van der Waals surface area contributed by atoms with Crippen LogP contribution in [0.15, 0.2) is 43.0 Å². The Morgan fingerprint density at radius 2 is 2.07 bits per heavy atom. The quantitative estimate of drug-likeness (QED) is 0.440. The van der Waals surface area contributed by atoms with E-state index in [0.29, 0.717) is 24.6 Å². The van der Waals surface area contributed by atoms with Gasteiger partial charge in [0.05, 0.1) is 25.5 Å². The minimum absolute atomic E-state index is 0. The fourth-order valence-electron chi connectivity index (χ4n) is 3.22. The molecule has 8 nitrogen and oxygen atoms in total. The summed E-state index contributed by atoms with van der Waals surface area (Å²) in [5.41, 5.74) is 9.37. The lowest BCUT2D eigenvalue weighted by Gasteiger charge is -2.10. The Morgan fingerprint density at radius 1 is 1.25 bits per heavy atom. The lowest BCUT2D eigenvalue weighted by atomic mass is 10.1. The summed E-state index contributed by atoms with van der Waals surface area (Å²) < 4.78 is 3.76. The average molecular weight is 424 g/mol. The van der Waals surface area contributed by atoms with Crippen LogP contribution >= 0.6 is 24.8 Å². The van der Waals surface area contributed by atoms with E-state index < -0.39 is 0 Å². The predicted molar refractivity (Wildman–Crippen MR) is 113 cm³/mol. The molecule has 0 spiro atoms. The number of benzene rings is 1. The van der Waals surface area contributed by atoms with Crippen molar-refractivity contribution < 1.29 is 5.11 Å². The first kappa shape index (κ1) is 21.9. The minimum Gasteiger partial charge on any atom is -0.394 e. The lowest BCUT2D eigenvalue weighted by molar-refractivity contribution is 0.265. The number of fused-ring (bicyclic) bond motifs is 1. The topological polar surface area (TPSA) is 111 Å². The van der Waals surface area contributed by atoms with Gasteiger partial charge in [-0.1, -0.05) is 12.1 Å². The molecule has 0 aliphatic carbocycles. The first-order valence-electron chi connectivity index (χ1n) is 8.50. The Hall–Kier alpha value is -2.39. The van der Waals surface area contributed by atoms with Crippen molar-refractivity contribution in [3.05, 3.63) is 54.5 Å². The molecule has 0 saturated carbocycles. The zero-order valence-corrected chi connectivity index (χ0v) is 17.0. The average Bonchev–Trinajstić information content (AvgIpc) is 3.36. The van der Waals surface area contributed by atoms with Gasteiger partial charge in [0, 0.05) is 48.0 Å². The molecule has 150 valence electrons. The molecule has 0 radical (unpaired) electrons. The number of aromatic nitrogens is 6. The lowest BCUT2D eigenvalue weighted by Crippen LogP contribution is -2.20. The van der Waals surface area contributed by atoms with E-state index in [9.17, 15) is 5.11 Å². The fraction of sp³-hybridized carbons (Fsp3) is 0.278. The van der Waals surface area contributed by atoms with Crippen molar-refractivity contribution in [2.45, 2.75) is 19.0 Å². The van der Waals surface area contributed by atoms with Crippen LogP contribution in [0.4, 0.5) is 0 Å². The molecule has 0 saturated heterocycles. The zero-order valence-electron chi connectivity index (χ0n) is 15.3. The smallest absolute Gasteiger partial charge is 0.182 e. The number of hydrogen-bond acceptors (Lipinski definition) is 5. The van der Waals surface area contributed by atoms with Gasteiger partial charge in [-0.25, -0.2) is 14.6 Å². The SMILES string of the molecule is Cl.Cl.Cn1ccc2c(-c3nc([C@@H](N)Cc4cnc[nH]4)n(CCO)n3)cccc21. The number of imidazole rings is 1. The number of nitrogens with two attached hydrogens (primary N) is 1. The standard InChI is InChI=1S/C18H21N7O.2ClH/c1-24-6-5-13-14(3-2-4-16(13)24)17-22-18(25(23-17)7-8-26)15(19)9-12-10-20-11-21-12;;/h2-6,10-11,15,26H,7-9,19H2,1H3,(H,20,21);2*1H/t15-;;/m0../s1. The summed E-state index contributed by atoms with van der Waals surface area (Å²) in [5, 5.41) is 15.1. The van der Waals surface area contributed by atoms with Gasteiger partial charge in [0.1, 0.15) is 5.82 Å². The fourth-order valence-corrected chi connectivity index (χ4v) is 3.22. The van der Waals surface area contributed by atoms with E-state index in [1.165, 1.54) is 0 Å². The second-order valence-corrected chi connectivity index (χ2v) is 6.29. The Bertz CT molecular complexity index is 1030. The normalized spacial score (nSPS) is 11.8. The molecule has 3 heterocycles. The predicted octanol–water partition coefficient (Wildman–Crippen LogP) is 2.24. The van der Waals surface area contributed by atoms with Crippen molar-refractivity contribution in [2.75, 3.05) is 6.61 Å². The molecule has 0 aliphatic heterocycles. The van der Waals surface area contributed by atoms with E-state index in [2.05, 4.69) is 31.8 Å². The van der Waals surface area contributed by atoms with Crippen molar-refractivity contribution in [1.29, 1.82) is 0 Å². The summed E-state index contributed by atoms with van der Waals surface area (Å²) in [6.45, 7) is 0.325. The number of nitrogens with zero attached hydrogens (tertiary/aromatic N) is 5. The number of aliphatic hydroxyl groups excluding tert-OH is 1. The zero-order chi connectivity index (χ0) is 18.1. The van der Waals surface area contributed by atoms with Crippen LogP contribution in [-0.2, 0) is 20.0 Å². The number of hydrogen-bond donors (Lipinski definition) is 3. The summed E-state index contributed by atoms with van der Waals surface area (Å²) in [5.74, 6) is 1.27. The molecule has 0 fully saturated rings. The summed E-state index contributed by atoms with van der Waals surface area (Å²) in [6.07, 6.45) is 5.96. The molecule has 4 aromatic rings. The van der Waals surface area contributed by atoms with E-state index in [1.54, 1.807) is 17.2 Å². The van der Waals surface area contributed by atoms with Gasteiger partial charge in [0.25, 0.3) is 0 Å². The number of rotatable bonds is 6. The van der Waals surface area contributed by atoms with Crippen LogP contribution in [0.3, 0.4) is 0 Å². The molecule has 0 aliphatic rings. The Morgan fingerprint density at radius 3 is 2.79 bits per heavy atom. The summed E-state index contributed by atoms with van der Waals surface area (Å²) in [7, 11) is 2.01. The maximum Gasteiger partial charge on any atom is 0.182 e. The van der Waals surface area contributed by atoms with Crippen LogP contribution in [0.5, 0.6) is 0 Å². The third-order valence-electron chi connectivity index (χ3n) is 4.51. The third-order valence-corrected chi connectivity index (χ3v) is 4.51. The largest absolute Gasteiger partial charge is 0.394 e. The molecular weight excluding hydrogens is 401 g/mol. The second kappa shape index (κ2) is 9.20. The highest BCUT2D eigenvalue weighted by Crippen LogP contribution is 2.28. The highest BCUT2D eigenvalue weighted by atomic mass is 35.5. The monoisotopic (exact) mass is 423 g/mol. The third kappa shape index (κ3) is 4.05. The Labute approximate surface area is 174 Å². The summed E-state index contributed by atoms with van der Waals surface area (Å²) in [4.78, 5) is 11.8. The molecule has 28 heavy (non-hydrogen) atoms. The highest BCUT2D eigenvalue weighted by Gasteiger charge is 2.20. The van der Waals surface area contributed by atoms with Crippen molar-refractivity contribution in [3.8, 4) is 11.4 Å². The number of nitrogens with one attached hydrogen (secondary N) is 1. The van der Waals surface area contributed by atoms with Crippen LogP contribution in [0.2, 0.25) is 0 Å². The van der Waals surface area contributed by atoms with Gasteiger partial charge in [-0.05, 0) is 12.1 Å². The van der Waals surface area contributed by atoms with Crippen molar-refractivity contribution >= 4 is 35.7 Å². The molecule has 0 unspecified atom stereocenters. The molecular formula is C18H23Cl2N7O. The van der Waals surface area contributed by atoms with Gasteiger partial charge >= 0.3 is 0 Å². The van der Waals surface area contributed by atoms with Gasteiger partial charge in [-0.2, -0.15) is 5.10 Å². The second-order valence-electron chi connectivity index (χ2n) is 6.29. The van der Waals surface area contributed by atoms with Crippen LogP contribution < -0.4 is 5.73 Å². The molecule has 3 aromatic heterocycles. The van der Waals surface area contributed by atoms with Gasteiger partial charge in [0.15, 0.2) is 5.82 Å². The van der Waals surface area contributed by atoms with E-state index in [0.717, 1.165) is 22.2 Å². The summed E-state index contributed by atoms with van der Waals surface area (Å²) >= 11 is 0. The molecule has 4 N–H and O–H groups in total. The van der Waals surface area contributed by atoms with Crippen molar-refractivity contribution in [2.24, 2.45) is 12.8 Å². The molecule has 10 heteroatoms. The molecule has 0 bridgehead atoms. The van der Waals surface area contributed by atoms with Crippen molar-refractivity contribution in [3.63, 3.8) is 0 Å². The van der Waals surface area contributed by atoms with Crippen LogP contribution in [0.1, 0.15) is 17.6 Å². The first-order chi connectivity index (χ1) is 12.7. The molecule has 1 aromatic carbocycles. The van der Waals surface area contributed by atoms with Crippen molar-refractivity contribution in [1.82, 2.24) is 29.3 Å². The van der Waals surface area contributed by atoms with Crippen LogP contribution in [-0.4, -0.2) is 41.0 Å². The van der Waals surface area contributed by atoms with Gasteiger partial charge in [-0.3, -0.25) is 0 Å². The molecule has 1 atom stereocenters.